The average molecular weight is 327 g/mol. The van der Waals surface area contributed by atoms with Gasteiger partial charge in [0.15, 0.2) is 0 Å². The van der Waals surface area contributed by atoms with Gasteiger partial charge in [-0.1, -0.05) is 12.5 Å². The monoisotopic (exact) mass is 327 g/mol. The number of piperidine rings is 1. The molecule has 1 aromatic carbocycles. The van der Waals surface area contributed by atoms with Gasteiger partial charge in [0.25, 0.3) is 5.69 Å². The summed E-state index contributed by atoms with van der Waals surface area (Å²) in [6.45, 7) is 2.51. The van der Waals surface area contributed by atoms with E-state index in [-0.39, 0.29) is 16.6 Å². The summed E-state index contributed by atoms with van der Waals surface area (Å²) in [6.07, 6.45) is 3.16. The van der Waals surface area contributed by atoms with Gasteiger partial charge in [0.05, 0.1) is 9.82 Å². The van der Waals surface area contributed by atoms with Gasteiger partial charge >= 0.3 is 0 Å². The summed E-state index contributed by atoms with van der Waals surface area (Å²) in [5, 5.41) is 10.9. The van der Waals surface area contributed by atoms with E-state index in [0.29, 0.717) is 25.1 Å². The third-order valence-corrected chi connectivity index (χ3v) is 6.14. The molecule has 0 bridgehead atoms. The quantitative estimate of drug-likeness (QED) is 0.655. The van der Waals surface area contributed by atoms with Crippen LogP contribution < -0.4 is 5.73 Å². The Kier molecular flexibility index (Phi) is 5.15. The van der Waals surface area contributed by atoms with E-state index in [1.807, 2.05) is 0 Å². The summed E-state index contributed by atoms with van der Waals surface area (Å²) in [6, 6.07) is 3.83. The molecule has 1 unspecified atom stereocenters. The minimum absolute atomic E-state index is 0.0191. The number of hydrogen-bond donors (Lipinski definition) is 1. The molecule has 1 aliphatic heterocycles. The molecule has 0 spiro atoms. The fourth-order valence-electron chi connectivity index (χ4n) is 2.88. The minimum Gasteiger partial charge on any atom is -0.330 e. The second-order valence-corrected chi connectivity index (χ2v) is 7.41. The van der Waals surface area contributed by atoms with Crippen LogP contribution in [0.15, 0.2) is 23.1 Å². The number of non-ortho nitro benzene ring substituents is 1. The lowest BCUT2D eigenvalue weighted by Crippen LogP contribution is -2.44. The molecule has 1 fully saturated rings. The number of rotatable bonds is 5. The van der Waals surface area contributed by atoms with Gasteiger partial charge in [0.2, 0.25) is 10.0 Å². The molecule has 8 heteroatoms. The average Bonchev–Trinajstić information content (AvgIpc) is 2.48. The third-order valence-electron chi connectivity index (χ3n) is 4.04. The summed E-state index contributed by atoms with van der Waals surface area (Å²) >= 11 is 0. The Hall–Kier alpha value is -1.51. The van der Waals surface area contributed by atoms with Crippen molar-refractivity contribution in [3.05, 3.63) is 33.9 Å². The van der Waals surface area contributed by atoms with E-state index >= 15 is 0 Å². The molecule has 0 saturated carbocycles. The highest BCUT2D eigenvalue weighted by Gasteiger charge is 2.34. The molecule has 0 amide bonds. The molecule has 122 valence electrons. The van der Waals surface area contributed by atoms with Crippen molar-refractivity contribution in [1.29, 1.82) is 0 Å². The van der Waals surface area contributed by atoms with E-state index in [4.69, 9.17) is 5.73 Å². The molecule has 2 rings (SSSR count). The van der Waals surface area contributed by atoms with Crippen molar-refractivity contribution in [2.75, 3.05) is 13.1 Å². The highest BCUT2D eigenvalue weighted by Crippen LogP contribution is 2.30. The van der Waals surface area contributed by atoms with Gasteiger partial charge in [-0.2, -0.15) is 4.31 Å². The van der Waals surface area contributed by atoms with Crippen molar-refractivity contribution in [3.8, 4) is 0 Å². The first-order valence-corrected chi connectivity index (χ1v) is 8.79. The molecule has 22 heavy (non-hydrogen) atoms. The first-order chi connectivity index (χ1) is 10.4. The lowest BCUT2D eigenvalue weighted by molar-refractivity contribution is -0.385. The number of nitrogens with zero attached hydrogens (tertiary/aromatic N) is 2. The number of nitro groups is 1. The van der Waals surface area contributed by atoms with Crippen molar-refractivity contribution in [2.45, 2.75) is 43.5 Å². The first-order valence-electron chi connectivity index (χ1n) is 7.35. The normalized spacial score (nSPS) is 20.0. The molecule has 1 heterocycles. The SMILES string of the molecule is Cc1ccc([N+](=O)[O-])cc1S(=O)(=O)N1CCCCC1CCN. The van der Waals surface area contributed by atoms with Gasteiger partial charge in [-0.05, 0) is 38.3 Å². The van der Waals surface area contributed by atoms with Gasteiger partial charge < -0.3 is 5.73 Å². The fourth-order valence-corrected chi connectivity index (χ4v) is 4.85. The van der Waals surface area contributed by atoms with Crippen molar-refractivity contribution >= 4 is 15.7 Å². The largest absolute Gasteiger partial charge is 0.330 e. The predicted octanol–water partition coefficient (Wildman–Crippen LogP) is 1.80. The van der Waals surface area contributed by atoms with Gasteiger partial charge in [0, 0.05) is 24.7 Å². The van der Waals surface area contributed by atoms with E-state index in [0.717, 1.165) is 25.3 Å². The summed E-state index contributed by atoms with van der Waals surface area (Å²) in [4.78, 5) is 10.4. The van der Waals surface area contributed by atoms with Crippen LogP contribution in [0.25, 0.3) is 0 Å². The Morgan fingerprint density at radius 1 is 1.41 bits per heavy atom. The maximum atomic E-state index is 12.9. The summed E-state index contributed by atoms with van der Waals surface area (Å²) in [5.41, 5.74) is 5.89. The Morgan fingerprint density at radius 3 is 2.77 bits per heavy atom. The fraction of sp³-hybridized carbons (Fsp3) is 0.571. The Labute approximate surface area is 130 Å². The maximum Gasteiger partial charge on any atom is 0.270 e. The minimum atomic E-state index is -3.75. The van der Waals surface area contributed by atoms with Crippen molar-refractivity contribution in [3.63, 3.8) is 0 Å². The van der Waals surface area contributed by atoms with Crippen LogP contribution in [0.1, 0.15) is 31.2 Å². The van der Waals surface area contributed by atoms with Crippen LogP contribution in [-0.2, 0) is 10.0 Å². The molecule has 0 aromatic heterocycles. The molecule has 1 aromatic rings. The number of benzene rings is 1. The highest BCUT2D eigenvalue weighted by molar-refractivity contribution is 7.89. The smallest absolute Gasteiger partial charge is 0.270 e. The summed E-state index contributed by atoms with van der Waals surface area (Å²) < 4.78 is 27.3. The predicted molar refractivity (Wildman–Crippen MR) is 83.0 cm³/mol. The zero-order valence-electron chi connectivity index (χ0n) is 12.6. The topological polar surface area (TPSA) is 107 Å². The Morgan fingerprint density at radius 2 is 2.14 bits per heavy atom. The zero-order chi connectivity index (χ0) is 16.3. The van der Waals surface area contributed by atoms with E-state index in [1.165, 1.54) is 16.4 Å². The molecule has 0 aliphatic carbocycles. The number of hydrogen-bond acceptors (Lipinski definition) is 5. The molecule has 1 aliphatic rings. The highest BCUT2D eigenvalue weighted by atomic mass is 32.2. The second-order valence-electron chi connectivity index (χ2n) is 5.55. The van der Waals surface area contributed by atoms with Crippen LogP contribution in [0.5, 0.6) is 0 Å². The molecule has 0 radical (unpaired) electrons. The zero-order valence-corrected chi connectivity index (χ0v) is 13.4. The first kappa shape index (κ1) is 16.9. The third kappa shape index (κ3) is 3.29. The Bertz CT molecular complexity index is 658. The molecule has 1 saturated heterocycles. The summed E-state index contributed by atoms with van der Waals surface area (Å²) in [7, 11) is -3.75. The van der Waals surface area contributed by atoms with Gasteiger partial charge in [-0.3, -0.25) is 10.1 Å². The van der Waals surface area contributed by atoms with Gasteiger partial charge in [-0.25, -0.2) is 8.42 Å². The summed E-state index contributed by atoms with van der Waals surface area (Å²) in [5.74, 6) is 0. The van der Waals surface area contributed by atoms with Crippen molar-refractivity contribution < 1.29 is 13.3 Å². The van der Waals surface area contributed by atoms with Crippen molar-refractivity contribution in [2.24, 2.45) is 5.73 Å². The van der Waals surface area contributed by atoms with Gasteiger partial charge in [-0.15, -0.1) is 0 Å². The molecule has 1 atom stereocenters. The number of nitro benzene ring substituents is 1. The standard InChI is InChI=1S/C14H21N3O4S/c1-11-5-6-13(17(18)19)10-14(11)22(20,21)16-9-3-2-4-12(16)7-8-15/h5-6,10,12H,2-4,7-9,15H2,1H3. The van der Waals surface area contributed by atoms with E-state index < -0.39 is 14.9 Å². The van der Waals surface area contributed by atoms with Crippen LogP contribution in [0.3, 0.4) is 0 Å². The van der Waals surface area contributed by atoms with E-state index in [9.17, 15) is 18.5 Å². The Balaban J connectivity index is 2.44. The number of aryl methyl sites for hydroxylation is 1. The van der Waals surface area contributed by atoms with Crippen LogP contribution in [0.4, 0.5) is 5.69 Å². The van der Waals surface area contributed by atoms with Crippen LogP contribution in [-0.4, -0.2) is 36.8 Å². The van der Waals surface area contributed by atoms with Crippen LogP contribution in [0.2, 0.25) is 0 Å². The van der Waals surface area contributed by atoms with Crippen LogP contribution >= 0.6 is 0 Å². The molecule has 2 N–H and O–H groups in total. The van der Waals surface area contributed by atoms with E-state index in [1.54, 1.807) is 6.92 Å². The maximum absolute atomic E-state index is 12.9. The lowest BCUT2D eigenvalue weighted by Gasteiger charge is -2.34. The molecular weight excluding hydrogens is 306 g/mol. The second kappa shape index (κ2) is 6.72. The lowest BCUT2D eigenvalue weighted by atomic mass is 10.0. The van der Waals surface area contributed by atoms with Crippen LogP contribution in [0, 0.1) is 17.0 Å². The van der Waals surface area contributed by atoms with Gasteiger partial charge in [0.1, 0.15) is 0 Å². The molecule has 7 nitrogen and oxygen atoms in total. The number of sulfonamides is 1. The van der Waals surface area contributed by atoms with Crippen molar-refractivity contribution in [1.82, 2.24) is 4.31 Å². The molecular formula is C14H21N3O4S. The van der Waals surface area contributed by atoms with E-state index in [2.05, 4.69) is 0 Å². The number of nitrogens with two attached hydrogens (primary N) is 1.